The standard InChI is InChI=1S/C20H35N4O6PS/c1-12(2)24(13(3)4)31(27-9)30-17-14(5)28-19(18(17)29-20(32)22(7)26-8)23-11-10-16(25)21-15(23)6/h10-14,17-19H,6H2,1-5,7-9H3,(H,21,25)/t14-,17?,18+,19-,31?/m1/s1/i5D. The zero-order chi connectivity index (χ0) is 24.9. The number of carbonyl (C=O) groups excluding carboxylic acids is 1. The second-order valence-corrected chi connectivity index (χ2v) is 9.67. The minimum Gasteiger partial charge on any atom is -0.458 e. The number of nitrogens with one attached hydrogen (secondary N) is 1. The van der Waals surface area contributed by atoms with Crippen molar-refractivity contribution in [2.75, 3.05) is 21.3 Å². The van der Waals surface area contributed by atoms with Crippen LogP contribution in [0.2, 0.25) is 0 Å². The number of carbonyl (C=O) groups is 1. The van der Waals surface area contributed by atoms with Gasteiger partial charge in [0.25, 0.3) is 19.6 Å². The Bertz CT molecular complexity index is 737. The molecule has 5 atom stereocenters. The molecule has 0 aromatic heterocycles. The number of nitrogens with zero attached hydrogens (tertiary/aromatic N) is 3. The summed E-state index contributed by atoms with van der Waals surface area (Å²) < 4.78 is 34.7. The van der Waals surface area contributed by atoms with Crippen molar-refractivity contribution in [2.24, 2.45) is 0 Å². The van der Waals surface area contributed by atoms with Gasteiger partial charge in [0.15, 0.2) is 12.3 Å². The first-order valence-electron chi connectivity index (χ1n) is 10.9. The van der Waals surface area contributed by atoms with Gasteiger partial charge in [-0.2, -0.15) is 0 Å². The fourth-order valence-electron chi connectivity index (χ4n) is 3.44. The van der Waals surface area contributed by atoms with Crippen LogP contribution >= 0.6 is 20.7 Å². The van der Waals surface area contributed by atoms with Crippen molar-refractivity contribution >= 4 is 31.8 Å². The maximum absolute atomic E-state index is 11.7. The third-order valence-corrected chi connectivity index (χ3v) is 7.30. The Labute approximate surface area is 198 Å². The fourth-order valence-corrected chi connectivity index (χ4v) is 5.23. The molecule has 1 amide bonds. The van der Waals surface area contributed by atoms with Gasteiger partial charge in [0.2, 0.25) is 0 Å². The highest BCUT2D eigenvalue weighted by molar-refractivity contribution is 7.79. The van der Waals surface area contributed by atoms with Gasteiger partial charge in [0.1, 0.15) is 11.9 Å². The van der Waals surface area contributed by atoms with Crippen LogP contribution in [0.5, 0.6) is 0 Å². The average molecular weight is 492 g/mol. The second kappa shape index (κ2) is 11.7. The molecular formula is C20H35N4O6PS. The van der Waals surface area contributed by atoms with E-state index >= 15 is 0 Å². The molecule has 2 aliphatic heterocycles. The summed E-state index contributed by atoms with van der Waals surface area (Å²) in [6.45, 7) is 12.1. The van der Waals surface area contributed by atoms with Crippen molar-refractivity contribution in [3.63, 3.8) is 0 Å². The molecule has 2 rings (SSSR count). The Morgan fingerprint density at radius 1 is 1.34 bits per heavy atom. The lowest BCUT2D eigenvalue weighted by atomic mass is 10.1. The van der Waals surface area contributed by atoms with Gasteiger partial charge in [-0.15, -0.1) is 0 Å². The van der Waals surface area contributed by atoms with Gasteiger partial charge < -0.3 is 28.7 Å². The van der Waals surface area contributed by atoms with E-state index in [2.05, 4.69) is 44.3 Å². The lowest BCUT2D eigenvalue weighted by molar-refractivity contribution is -0.118. The number of hydrogen-bond acceptors (Lipinski definition) is 9. The van der Waals surface area contributed by atoms with Gasteiger partial charge in [-0.1, -0.05) is 6.58 Å². The number of amides is 1. The molecule has 1 fully saturated rings. The Hall–Kier alpha value is -1.33. The maximum Gasteiger partial charge on any atom is 0.284 e. The summed E-state index contributed by atoms with van der Waals surface area (Å²) in [6, 6.07) is 0.312. The third kappa shape index (κ3) is 6.17. The lowest BCUT2D eigenvalue weighted by Crippen LogP contribution is -2.49. The summed E-state index contributed by atoms with van der Waals surface area (Å²) >= 11 is 5.38. The molecule has 2 unspecified atom stereocenters. The van der Waals surface area contributed by atoms with Gasteiger partial charge in [0.05, 0.1) is 13.2 Å². The predicted octanol–water partition coefficient (Wildman–Crippen LogP) is 2.69. The van der Waals surface area contributed by atoms with Gasteiger partial charge in [-0.25, -0.2) is 9.73 Å². The molecule has 0 aromatic rings. The number of rotatable bonds is 9. The molecule has 2 aliphatic rings. The first kappa shape index (κ1) is 25.3. The van der Waals surface area contributed by atoms with E-state index < -0.39 is 33.1 Å². The molecule has 32 heavy (non-hydrogen) atoms. The Balaban J connectivity index is 2.41. The molecule has 10 nitrogen and oxygen atoms in total. The lowest BCUT2D eigenvalue weighted by Gasteiger charge is -2.38. The molecule has 0 radical (unpaired) electrons. The number of thiocarbonyl (C=S) groups is 1. The minimum absolute atomic E-state index is 0.0669. The van der Waals surface area contributed by atoms with Crippen LogP contribution < -0.4 is 5.32 Å². The maximum atomic E-state index is 11.7. The van der Waals surface area contributed by atoms with E-state index in [1.165, 1.54) is 18.2 Å². The highest BCUT2D eigenvalue weighted by Crippen LogP contribution is 2.49. The SMILES string of the molecule is [2H]C[C@H]1O[C@@H](N2C=CC(=O)NC2=C)[C@@H](OC(=S)N(C)OC)C1OP(OC)N(C(C)C)C(C)C. The van der Waals surface area contributed by atoms with Crippen molar-refractivity contribution in [1.82, 2.24) is 20.0 Å². The number of hydrogen-bond donors (Lipinski definition) is 1. The smallest absolute Gasteiger partial charge is 0.284 e. The molecule has 0 saturated carbocycles. The monoisotopic (exact) mass is 491 g/mol. The van der Waals surface area contributed by atoms with Crippen molar-refractivity contribution < 1.29 is 29.5 Å². The summed E-state index contributed by atoms with van der Waals surface area (Å²) in [6.07, 6.45) is 0.0418. The van der Waals surface area contributed by atoms with E-state index in [1.807, 2.05) is 0 Å². The third-order valence-electron chi connectivity index (χ3n) is 4.91. The van der Waals surface area contributed by atoms with Crippen LogP contribution in [-0.4, -0.2) is 83.6 Å². The van der Waals surface area contributed by atoms with Gasteiger partial charge in [-0.3, -0.25) is 9.63 Å². The molecule has 182 valence electrons. The van der Waals surface area contributed by atoms with E-state index in [9.17, 15) is 4.79 Å². The summed E-state index contributed by atoms with van der Waals surface area (Å²) in [4.78, 5) is 18.5. The fraction of sp³-hybridized carbons (Fsp3) is 0.700. The quantitative estimate of drug-likeness (QED) is 0.295. The molecule has 12 heteroatoms. The van der Waals surface area contributed by atoms with Gasteiger partial charge >= 0.3 is 0 Å². The van der Waals surface area contributed by atoms with Crippen molar-refractivity contribution in [1.29, 1.82) is 0 Å². The zero-order valence-corrected chi connectivity index (χ0v) is 21.4. The second-order valence-electron chi connectivity index (χ2n) is 7.81. The summed E-state index contributed by atoms with van der Waals surface area (Å²) in [5, 5.41) is 4.01. The van der Waals surface area contributed by atoms with Crippen LogP contribution in [0.3, 0.4) is 0 Å². The summed E-state index contributed by atoms with van der Waals surface area (Å²) in [7, 11) is 3.18. The highest BCUT2D eigenvalue weighted by atomic mass is 32.1. The summed E-state index contributed by atoms with van der Waals surface area (Å²) in [5.41, 5.74) is 0. The molecular weight excluding hydrogens is 455 g/mol. The zero-order valence-electron chi connectivity index (χ0n) is 20.7. The van der Waals surface area contributed by atoms with Crippen molar-refractivity contribution in [2.45, 2.75) is 71.2 Å². The van der Waals surface area contributed by atoms with Crippen LogP contribution in [0.1, 0.15) is 36.0 Å². The van der Waals surface area contributed by atoms with E-state index in [1.54, 1.807) is 25.3 Å². The van der Waals surface area contributed by atoms with Crippen LogP contribution in [0.4, 0.5) is 0 Å². The molecule has 2 heterocycles. The van der Waals surface area contributed by atoms with Crippen LogP contribution in [-0.2, 0) is 28.2 Å². The van der Waals surface area contributed by atoms with E-state index in [4.69, 9.17) is 36.9 Å². The molecule has 1 saturated heterocycles. The molecule has 1 N–H and O–H groups in total. The van der Waals surface area contributed by atoms with Crippen molar-refractivity contribution in [3.8, 4) is 0 Å². The largest absolute Gasteiger partial charge is 0.458 e. The predicted molar refractivity (Wildman–Crippen MR) is 126 cm³/mol. The highest BCUT2D eigenvalue weighted by Gasteiger charge is 2.51. The van der Waals surface area contributed by atoms with E-state index in [-0.39, 0.29) is 30.1 Å². The van der Waals surface area contributed by atoms with Gasteiger partial charge in [-0.05, 0) is 46.8 Å². The van der Waals surface area contributed by atoms with Gasteiger partial charge in [0, 0.05) is 39.9 Å². The van der Waals surface area contributed by atoms with E-state index in [0.29, 0.717) is 5.82 Å². The molecule has 0 aromatic carbocycles. The van der Waals surface area contributed by atoms with Crippen LogP contribution in [0.15, 0.2) is 24.7 Å². The minimum atomic E-state index is -1.50. The molecule has 0 aliphatic carbocycles. The molecule has 0 bridgehead atoms. The Morgan fingerprint density at radius 3 is 2.50 bits per heavy atom. The number of hydroxylamine groups is 2. The van der Waals surface area contributed by atoms with Crippen molar-refractivity contribution in [3.05, 3.63) is 24.7 Å². The topological polar surface area (TPSA) is 85.0 Å². The van der Waals surface area contributed by atoms with Crippen LogP contribution in [0, 0.1) is 0 Å². The first-order valence-corrected chi connectivity index (χ1v) is 11.8. The normalized spacial score (nSPS) is 27.2. The van der Waals surface area contributed by atoms with E-state index in [0.717, 1.165) is 0 Å². The average Bonchev–Trinajstić information content (AvgIpc) is 3.08. The molecule has 0 spiro atoms. The number of ether oxygens (including phenoxy) is 2. The Kier molecular flexibility index (Phi) is 9.24. The Morgan fingerprint density at radius 2 is 2.00 bits per heavy atom. The van der Waals surface area contributed by atoms with Crippen LogP contribution in [0.25, 0.3) is 0 Å². The first-order chi connectivity index (χ1) is 15.5. The summed E-state index contributed by atoms with van der Waals surface area (Å²) in [5.74, 6) is 0.0232.